The summed E-state index contributed by atoms with van der Waals surface area (Å²) in [6.07, 6.45) is 3.03. The first-order valence-electron chi connectivity index (χ1n) is 10.9. The van der Waals surface area contributed by atoms with Crippen molar-refractivity contribution in [1.82, 2.24) is 4.98 Å². The standard InChI is InChI=1S/C29H25NO/c1-19-16-23-14-9-15-24-18-26(29(31)22-12-7-4-8-13-22)27(21-10-5-3-6-11-21)30-28(24)25(23)17-20(19)2/h3-8,10-13,16-18H,9,14-15H2,1-2H3. The number of aryl methyl sites for hydroxylation is 4. The molecule has 152 valence electrons. The molecule has 2 nitrogen and oxygen atoms in total. The highest BCUT2D eigenvalue weighted by molar-refractivity contribution is 6.12. The third-order valence-electron chi connectivity index (χ3n) is 6.30. The molecule has 3 aromatic carbocycles. The summed E-state index contributed by atoms with van der Waals surface area (Å²) >= 11 is 0. The molecule has 0 aliphatic heterocycles. The average molecular weight is 404 g/mol. The van der Waals surface area contributed by atoms with E-state index in [0.717, 1.165) is 36.2 Å². The molecule has 0 spiro atoms. The summed E-state index contributed by atoms with van der Waals surface area (Å²) in [5, 5.41) is 0. The summed E-state index contributed by atoms with van der Waals surface area (Å²) in [6.45, 7) is 4.33. The maximum Gasteiger partial charge on any atom is 0.195 e. The minimum atomic E-state index is 0.0271. The summed E-state index contributed by atoms with van der Waals surface area (Å²) in [6, 6.07) is 26.3. The zero-order chi connectivity index (χ0) is 21.4. The molecule has 0 unspecified atom stereocenters. The smallest absolute Gasteiger partial charge is 0.195 e. The van der Waals surface area contributed by atoms with Crippen molar-refractivity contribution in [3.05, 3.63) is 112 Å². The van der Waals surface area contributed by atoms with E-state index in [2.05, 4.69) is 32.0 Å². The molecular formula is C29H25NO. The number of rotatable bonds is 3. The van der Waals surface area contributed by atoms with Gasteiger partial charge in [-0.3, -0.25) is 4.79 Å². The Morgan fingerprint density at radius 2 is 1.39 bits per heavy atom. The topological polar surface area (TPSA) is 30.0 Å². The van der Waals surface area contributed by atoms with Crippen LogP contribution in [0.5, 0.6) is 0 Å². The van der Waals surface area contributed by atoms with E-state index in [1.54, 1.807) is 0 Å². The Kier molecular flexibility index (Phi) is 4.99. The summed E-state index contributed by atoms with van der Waals surface area (Å²) in [7, 11) is 0. The van der Waals surface area contributed by atoms with Gasteiger partial charge in [-0.05, 0) is 67.5 Å². The van der Waals surface area contributed by atoms with Gasteiger partial charge in [-0.25, -0.2) is 4.98 Å². The number of benzene rings is 3. The number of hydrogen-bond acceptors (Lipinski definition) is 2. The highest BCUT2D eigenvalue weighted by Gasteiger charge is 2.23. The lowest BCUT2D eigenvalue weighted by Crippen LogP contribution is -2.08. The van der Waals surface area contributed by atoms with Gasteiger partial charge in [0, 0.05) is 22.3 Å². The number of hydrogen-bond donors (Lipinski definition) is 0. The molecule has 0 amide bonds. The maximum atomic E-state index is 13.5. The third kappa shape index (κ3) is 3.59. The van der Waals surface area contributed by atoms with Crippen LogP contribution < -0.4 is 0 Å². The summed E-state index contributed by atoms with van der Waals surface area (Å²) in [4.78, 5) is 18.7. The Balaban J connectivity index is 1.77. The summed E-state index contributed by atoms with van der Waals surface area (Å²) in [5.41, 5.74) is 10.5. The van der Waals surface area contributed by atoms with Gasteiger partial charge in [0.25, 0.3) is 0 Å². The van der Waals surface area contributed by atoms with E-state index in [0.29, 0.717) is 11.1 Å². The van der Waals surface area contributed by atoms with Crippen molar-refractivity contribution in [2.75, 3.05) is 0 Å². The molecule has 5 rings (SSSR count). The molecule has 0 atom stereocenters. The molecule has 0 N–H and O–H groups in total. The van der Waals surface area contributed by atoms with Gasteiger partial charge in [-0.1, -0.05) is 66.7 Å². The summed E-state index contributed by atoms with van der Waals surface area (Å²) in [5.74, 6) is 0.0271. The maximum absolute atomic E-state index is 13.5. The molecule has 1 aliphatic carbocycles. The van der Waals surface area contributed by atoms with Gasteiger partial charge >= 0.3 is 0 Å². The Hall–Kier alpha value is -3.52. The molecular weight excluding hydrogens is 378 g/mol. The molecule has 1 heterocycles. The minimum Gasteiger partial charge on any atom is -0.289 e. The van der Waals surface area contributed by atoms with Crippen molar-refractivity contribution in [1.29, 1.82) is 0 Å². The van der Waals surface area contributed by atoms with Crippen molar-refractivity contribution in [3.8, 4) is 22.5 Å². The fraction of sp³-hybridized carbons (Fsp3) is 0.172. The second kappa shape index (κ2) is 7.96. The van der Waals surface area contributed by atoms with Crippen molar-refractivity contribution < 1.29 is 4.79 Å². The summed E-state index contributed by atoms with van der Waals surface area (Å²) < 4.78 is 0. The van der Waals surface area contributed by atoms with Gasteiger partial charge in [-0.15, -0.1) is 0 Å². The number of carbonyl (C=O) groups is 1. The second-order valence-corrected chi connectivity index (χ2v) is 8.40. The van der Waals surface area contributed by atoms with Crippen LogP contribution in [0.4, 0.5) is 0 Å². The van der Waals surface area contributed by atoms with Gasteiger partial charge in [0.15, 0.2) is 5.78 Å². The van der Waals surface area contributed by atoms with E-state index in [4.69, 9.17) is 4.98 Å². The normalized spacial score (nSPS) is 12.6. The van der Waals surface area contributed by atoms with Gasteiger partial charge in [0.2, 0.25) is 0 Å². The molecule has 31 heavy (non-hydrogen) atoms. The van der Waals surface area contributed by atoms with Crippen LogP contribution in [0.25, 0.3) is 22.5 Å². The van der Waals surface area contributed by atoms with Crippen molar-refractivity contribution in [3.63, 3.8) is 0 Å². The molecule has 2 heteroatoms. The fourth-order valence-electron chi connectivity index (χ4n) is 4.49. The molecule has 4 aromatic rings. The van der Waals surface area contributed by atoms with Gasteiger partial charge in [0.05, 0.1) is 11.4 Å². The van der Waals surface area contributed by atoms with Crippen LogP contribution in [0.15, 0.2) is 78.9 Å². The van der Waals surface area contributed by atoms with Crippen LogP contribution >= 0.6 is 0 Å². The van der Waals surface area contributed by atoms with Gasteiger partial charge < -0.3 is 0 Å². The minimum absolute atomic E-state index is 0.0271. The monoisotopic (exact) mass is 403 g/mol. The van der Waals surface area contributed by atoms with Crippen LogP contribution in [0.3, 0.4) is 0 Å². The zero-order valence-corrected chi connectivity index (χ0v) is 18.0. The number of fused-ring (bicyclic) bond motifs is 3. The number of nitrogens with zero attached hydrogens (tertiary/aromatic N) is 1. The first kappa shape index (κ1) is 19.4. The van der Waals surface area contributed by atoms with E-state index in [9.17, 15) is 4.79 Å². The SMILES string of the molecule is Cc1cc2c(cc1C)-c1nc(-c3ccccc3)c(C(=O)c3ccccc3)cc1CCC2. The van der Waals surface area contributed by atoms with Gasteiger partial charge in [-0.2, -0.15) is 0 Å². The van der Waals surface area contributed by atoms with Crippen molar-refractivity contribution in [2.24, 2.45) is 0 Å². The first-order valence-corrected chi connectivity index (χ1v) is 10.9. The molecule has 0 saturated carbocycles. The Morgan fingerprint density at radius 3 is 2.13 bits per heavy atom. The largest absolute Gasteiger partial charge is 0.289 e. The Morgan fingerprint density at radius 1 is 0.742 bits per heavy atom. The third-order valence-corrected chi connectivity index (χ3v) is 6.30. The van der Waals surface area contributed by atoms with Crippen LogP contribution in [-0.4, -0.2) is 10.8 Å². The highest BCUT2D eigenvalue weighted by atomic mass is 16.1. The molecule has 1 aliphatic rings. The predicted molar refractivity (Wildman–Crippen MR) is 126 cm³/mol. The van der Waals surface area contributed by atoms with E-state index in [1.807, 2.05) is 60.7 Å². The fourth-order valence-corrected chi connectivity index (χ4v) is 4.49. The number of carbonyl (C=O) groups excluding carboxylic acids is 1. The first-order chi connectivity index (χ1) is 15.1. The van der Waals surface area contributed by atoms with E-state index < -0.39 is 0 Å². The number of aromatic nitrogens is 1. The second-order valence-electron chi connectivity index (χ2n) is 8.40. The van der Waals surface area contributed by atoms with Crippen LogP contribution in [0, 0.1) is 13.8 Å². The Bertz CT molecular complexity index is 1270. The lowest BCUT2D eigenvalue weighted by Gasteiger charge is -2.16. The van der Waals surface area contributed by atoms with Crippen LogP contribution in [0.2, 0.25) is 0 Å². The highest BCUT2D eigenvalue weighted by Crippen LogP contribution is 2.36. The Labute approximate surface area is 183 Å². The van der Waals surface area contributed by atoms with Crippen molar-refractivity contribution >= 4 is 5.78 Å². The quantitative estimate of drug-likeness (QED) is 0.354. The molecule has 0 bridgehead atoms. The van der Waals surface area contributed by atoms with E-state index in [1.165, 1.54) is 27.8 Å². The lowest BCUT2D eigenvalue weighted by atomic mass is 9.92. The molecule has 0 saturated heterocycles. The lowest BCUT2D eigenvalue weighted by molar-refractivity contribution is 0.103. The zero-order valence-electron chi connectivity index (χ0n) is 18.0. The number of pyridine rings is 1. The number of ketones is 1. The van der Waals surface area contributed by atoms with Crippen LogP contribution in [-0.2, 0) is 12.8 Å². The van der Waals surface area contributed by atoms with Crippen molar-refractivity contribution in [2.45, 2.75) is 33.1 Å². The molecule has 0 fully saturated rings. The average Bonchev–Trinajstić information content (AvgIpc) is 2.98. The molecule has 0 radical (unpaired) electrons. The van der Waals surface area contributed by atoms with E-state index in [-0.39, 0.29) is 5.78 Å². The predicted octanol–water partition coefficient (Wildman–Crippen LogP) is 6.75. The van der Waals surface area contributed by atoms with Gasteiger partial charge in [0.1, 0.15) is 0 Å². The van der Waals surface area contributed by atoms with Crippen LogP contribution in [0.1, 0.15) is 44.6 Å². The molecule has 1 aromatic heterocycles. The van der Waals surface area contributed by atoms with E-state index >= 15 is 0 Å².